The lowest BCUT2D eigenvalue weighted by Crippen LogP contribution is -2.23. The van der Waals surface area contributed by atoms with Crippen LogP contribution in [0.4, 0.5) is 5.13 Å². The van der Waals surface area contributed by atoms with Gasteiger partial charge < -0.3 is 10.6 Å². The molecule has 1 atom stereocenters. The third-order valence-corrected chi connectivity index (χ3v) is 4.66. The summed E-state index contributed by atoms with van der Waals surface area (Å²) >= 11 is 1.28. The van der Waals surface area contributed by atoms with Gasteiger partial charge in [0.2, 0.25) is 5.91 Å². The van der Waals surface area contributed by atoms with Gasteiger partial charge in [-0.05, 0) is 32.1 Å². The van der Waals surface area contributed by atoms with Gasteiger partial charge in [-0.2, -0.15) is 0 Å². The van der Waals surface area contributed by atoms with Crippen molar-refractivity contribution in [1.29, 1.82) is 0 Å². The van der Waals surface area contributed by atoms with E-state index in [0.29, 0.717) is 16.6 Å². The minimum absolute atomic E-state index is 0.0127. The number of hydrogen-bond acceptors (Lipinski definition) is 4. The zero-order valence-corrected chi connectivity index (χ0v) is 12.0. The molecule has 0 spiro atoms. The number of aromatic nitrogens is 1. The first-order valence-corrected chi connectivity index (χ1v) is 7.79. The Hall–Kier alpha value is -1.69. The van der Waals surface area contributed by atoms with Crippen LogP contribution in [0.3, 0.4) is 0 Å². The van der Waals surface area contributed by atoms with E-state index in [0.717, 1.165) is 37.8 Å². The quantitative estimate of drug-likeness (QED) is 0.820. The fourth-order valence-corrected chi connectivity index (χ4v) is 3.46. The third kappa shape index (κ3) is 2.75. The number of nitrogens with zero attached hydrogens (tertiary/aromatic N) is 1. The summed E-state index contributed by atoms with van der Waals surface area (Å²) in [6.45, 7) is 0.692. The molecular weight excluding hydrogens is 274 g/mol. The fraction of sp³-hybridized carbons (Fsp3) is 0.500. The molecule has 0 radical (unpaired) electrons. The lowest BCUT2D eigenvalue weighted by atomic mass is 9.94. The summed E-state index contributed by atoms with van der Waals surface area (Å²) in [5.74, 6) is -0.0349. The first-order chi connectivity index (χ1) is 9.74. The lowest BCUT2D eigenvalue weighted by molar-refractivity contribution is -0.120. The number of rotatable bonds is 2. The second-order valence-electron chi connectivity index (χ2n) is 5.12. The zero-order valence-electron chi connectivity index (χ0n) is 11.1. The molecule has 1 aliphatic carbocycles. The van der Waals surface area contributed by atoms with Gasteiger partial charge in [0, 0.05) is 12.5 Å². The minimum Gasteiger partial charge on any atom is -0.351 e. The van der Waals surface area contributed by atoms with Gasteiger partial charge in [-0.25, -0.2) is 4.98 Å². The maximum atomic E-state index is 12.2. The molecule has 0 bridgehead atoms. The van der Waals surface area contributed by atoms with Gasteiger partial charge in [0.05, 0.1) is 5.69 Å². The number of fused-ring (bicyclic) bond motifs is 1. The molecular formula is C14H17N3O2S. The zero-order chi connectivity index (χ0) is 13.9. The van der Waals surface area contributed by atoms with Gasteiger partial charge in [0.1, 0.15) is 4.88 Å². The Bertz CT molecular complexity index is 565. The molecule has 0 saturated heterocycles. The van der Waals surface area contributed by atoms with E-state index in [-0.39, 0.29) is 17.7 Å². The number of allylic oxidation sites excluding steroid dienone is 2. The van der Waals surface area contributed by atoms with Gasteiger partial charge >= 0.3 is 0 Å². The minimum atomic E-state index is -0.0731. The van der Waals surface area contributed by atoms with Gasteiger partial charge in [-0.3, -0.25) is 9.59 Å². The van der Waals surface area contributed by atoms with E-state index >= 15 is 0 Å². The van der Waals surface area contributed by atoms with E-state index in [9.17, 15) is 9.59 Å². The lowest BCUT2D eigenvalue weighted by Gasteiger charge is -2.15. The van der Waals surface area contributed by atoms with E-state index in [1.165, 1.54) is 11.3 Å². The van der Waals surface area contributed by atoms with E-state index in [1.54, 1.807) is 0 Å². The second kappa shape index (κ2) is 5.75. The molecule has 2 N–H and O–H groups in total. The Kier molecular flexibility index (Phi) is 3.82. The molecule has 1 aliphatic heterocycles. The van der Waals surface area contributed by atoms with Crippen molar-refractivity contribution in [3.63, 3.8) is 0 Å². The number of aryl methyl sites for hydroxylation is 1. The average molecular weight is 291 g/mol. The molecule has 106 valence electrons. The van der Waals surface area contributed by atoms with E-state index in [2.05, 4.69) is 27.8 Å². The molecule has 0 aromatic carbocycles. The maximum absolute atomic E-state index is 12.2. The number of nitrogens with one attached hydrogen (secondary N) is 2. The number of anilines is 1. The van der Waals surface area contributed by atoms with E-state index < -0.39 is 0 Å². The largest absolute Gasteiger partial charge is 0.351 e. The highest BCUT2D eigenvalue weighted by Gasteiger charge is 2.23. The second-order valence-corrected chi connectivity index (χ2v) is 6.12. The van der Waals surface area contributed by atoms with Crippen molar-refractivity contribution in [3.05, 3.63) is 22.7 Å². The van der Waals surface area contributed by atoms with Crippen molar-refractivity contribution in [3.8, 4) is 0 Å². The van der Waals surface area contributed by atoms with Crippen molar-refractivity contribution in [2.45, 2.75) is 32.1 Å². The number of amides is 2. The van der Waals surface area contributed by atoms with Crippen LogP contribution < -0.4 is 10.6 Å². The summed E-state index contributed by atoms with van der Waals surface area (Å²) in [4.78, 5) is 29.0. The average Bonchev–Trinajstić information content (AvgIpc) is 2.79. The van der Waals surface area contributed by atoms with Gasteiger partial charge in [-0.15, -0.1) is 0 Å². The normalized spacial score (nSPS) is 21.8. The molecule has 2 heterocycles. The van der Waals surface area contributed by atoms with Gasteiger partial charge in [0.25, 0.3) is 5.91 Å². The molecule has 0 fully saturated rings. The first-order valence-electron chi connectivity index (χ1n) is 6.98. The summed E-state index contributed by atoms with van der Waals surface area (Å²) < 4.78 is 0. The molecule has 2 aliphatic rings. The molecule has 0 saturated carbocycles. The van der Waals surface area contributed by atoms with Gasteiger partial charge in [-0.1, -0.05) is 23.5 Å². The number of carbonyl (C=O) groups is 2. The molecule has 6 heteroatoms. The molecule has 1 aromatic heterocycles. The van der Waals surface area contributed by atoms with E-state index in [4.69, 9.17) is 0 Å². The fourth-order valence-electron chi connectivity index (χ4n) is 2.53. The van der Waals surface area contributed by atoms with Crippen LogP contribution in [-0.2, 0) is 11.2 Å². The van der Waals surface area contributed by atoms with Crippen LogP contribution in [0.1, 0.15) is 41.0 Å². The summed E-state index contributed by atoms with van der Waals surface area (Å²) in [5.41, 5.74) is 0.809. The predicted octanol–water partition coefficient (Wildman–Crippen LogP) is 2.11. The van der Waals surface area contributed by atoms with Crippen LogP contribution in [0, 0.1) is 5.92 Å². The number of carbonyl (C=O) groups excluding carboxylic acids is 2. The van der Waals surface area contributed by atoms with Crippen LogP contribution in [0.25, 0.3) is 0 Å². The van der Waals surface area contributed by atoms with E-state index in [1.807, 2.05) is 0 Å². The number of hydrogen-bond donors (Lipinski definition) is 2. The van der Waals surface area contributed by atoms with Crippen molar-refractivity contribution in [1.82, 2.24) is 10.3 Å². The van der Waals surface area contributed by atoms with Crippen LogP contribution >= 0.6 is 11.3 Å². The Balaban J connectivity index is 1.72. The Morgan fingerprint density at radius 1 is 1.45 bits per heavy atom. The van der Waals surface area contributed by atoms with Crippen molar-refractivity contribution in [2.75, 3.05) is 11.9 Å². The van der Waals surface area contributed by atoms with Crippen LogP contribution in [0.15, 0.2) is 12.2 Å². The van der Waals surface area contributed by atoms with Crippen molar-refractivity contribution >= 4 is 28.3 Å². The SMILES string of the molecule is O=C1NCCCc2nc(NC(=O)C3CC=CCC3)sc21. The highest BCUT2D eigenvalue weighted by atomic mass is 32.1. The van der Waals surface area contributed by atoms with Crippen molar-refractivity contribution < 1.29 is 9.59 Å². The standard InChI is InChI=1S/C14H17N3O2S/c18-12(9-5-2-1-3-6-9)17-14-16-10-7-4-8-15-13(19)11(10)20-14/h1-2,9H,3-8H2,(H,15,19)(H,16,17,18). The summed E-state index contributed by atoms with van der Waals surface area (Å²) in [6, 6.07) is 0. The molecule has 2 amide bonds. The van der Waals surface area contributed by atoms with Crippen LogP contribution in [0.2, 0.25) is 0 Å². The summed E-state index contributed by atoms with van der Waals surface area (Å²) in [6.07, 6.45) is 8.47. The Morgan fingerprint density at radius 3 is 3.15 bits per heavy atom. The van der Waals surface area contributed by atoms with Crippen LogP contribution in [-0.4, -0.2) is 23.3 Å². The molecule has 1 unspecified atom stereocenters. The molecule has 3 rings (SSSR count). The highest BCUT2D eigenvalue weighted by molar-refractivity contribution is 7.17. The first kappa shape index (κ1) is 13.3. The molecule has 20 heavy (non-hydrogen) atoms. The van der Waals surface area contributed by atoms with Crippen LogP contribution in [0.5, 0.6) is 0 Å². The molecule has 1 aromatic rings. The summed E-state index contributed by atoms with van der Waals surface area (Å²) in [7, 11) is 0. The van der Waals surface area contributed by atoms with Crippen molar-refractivity contribution in [2.24, 2.45) is 5.92 Å². The third-order valence-electron chi connectivity index (χ3n) is 3.65. The number of thiazole rings is 1. The Morgan fingerprint density at radius 2 is 2.35 bits per heavy atom. The smallest absolute Gasteiger partial charge is 0.263 e. The van der Waals surface area contributed by atoms with Gasteiger partial charge in [0.15, 0.2) is 5.13 Å². The highest BCUT2D eigenvalue weighted by Crippen LogP contribution is 2.27. The monoisotopic (exact) mass is 291 g/mol. The Labute approximate surface area is 121 Å². The maximum Gasteiger partial charge on any atom is 0.263 e. The summed E-state index contributed by atoms with van der Waals surface area (Å²) in [5, 5.41) is 6.25. The predicted molar refractivity (Wildman–Crippen MR) is 77.9 cm³/mol. The topological polar surface area (TPSA) is 71.1 Å². The molecule has 5 nitrogen and oxygen atoms in total.